The van der Waals surface area contributed by atoms with Crippen molar-refractivity contribution in [2.45, 2.75) is 38.8 Å². The molecule has 1 aliphatic rings. The van der Waals surface area contributed by atoms with E-state index in [9.17, 15) is 10.4 Å². The molecule has 0 aliphatic carbocycles. The maximum atomic E-state index is 10.1. The van der Waals surface area contributed by atoms with Crippen LogP contribution in [0.3, 0.4) is 0 Å². The predicted molar refractivity (Wildman–Crippen MR) is 80.6 cm³/mol. The maximum absolute atomic E-state index is 10.1. The lowest BCUT2D eigenvalue weighted by molar-refractivity contribution is 0.0839. The minimum atomic E-state index is -0.645. The first kappa shape index (κ1) is 14.8. The average Bonchev–Trinajstić information content (AvgIpc) is 2.79. The van der Waals surface area contributed by atoms with Crippen LogP contribution in [0.2, 0.25) is 0 Å². The van der Waals surface area contributed by atoms with Crippen molar-refractivity contribution in [2.24, 2.45) is 0 Å². The predicted octanol–water partition coefficient (Wildman–Crippen LogP) is 2.02. The number of nitrogens with zero attached hydrogens (tertiary/aromatic N) is 2. The van der Waals surface area contributed by atoms with Gasteiger partial charge >= 0.3 is 0 Å². The van der Waals surface area contributed by atoms with E-state index < -0.39 is 5.60 Å². The Morgan fingerprint density at radius 2 is 2.30 bits per heavy atom. The van der Waals surface area contributed by atoms with Gasteiger partial charge in [-0.05, 0) is 44.0 Å². The Balaban J connectivity index is 2.13. The van der Waals surface area contributed by atoms with Gasteiger partial charge in [0.25, 0.3) is 0 Å². The normalized spacial score (nSPS) is 22.0. The van der Waals surface area contributed by atoms with Gasteiger partial charge in [-0.15, -0.1) is 0 Å². The molecule has 108 valence electrons. The fraction of sp³-hybridized carbons (Fsp3) is 0.562. The van der Waals surface area contributed by atoms with Gasteiger partial charge in [0.1, 0.15) is 6.07 Å². The molecule has 4 heteroatoms. The second-order valence-corrected chi connectivity index (χ2v) is 5.81. The standard InChI is InChI=1S/C16H23N3O/c1-3-7-18-11-13-4-5-15(14(9-13)10-17)19-8-6-16(2,20)12-19/h4-5,9,18,20H,3,6-8,11-12H2,1-2H3. The molecule has 1 unspecified atom stereocenters. The molecule has 1 fully saturated rings. The number of nitriles is 1. The molecule has 0 spiro atoms. The lowest BCUT2D eigenvalue weighted by Crippen LogP contribution is -2.30. The minimum Gasteiger partial charge on any atom is -0.388 e. The fourth-order valence-electron chi connectivity index (χ4n) is 2.62. The first-order chi connectivity index (χ1) is 9.55. The van der Waals surface area contributed by atoms with E-state index in [2.05, 4.69) is 29.3 Å². The smallest absolute Gasteiger partial charge is 0.101 e. The molecule has 1 atom stereocenters. The second-order valence-electron chi connectivity index (χ2n) is 5.81. The lowest BCUT2D eigenvalue weighted by atomic mass is 10.1. The van der Waals surface area contributed by atoms with Gasteiger partial charge in [-0.25, -0.2) is 0 Å². The van der Waals surface area contributed by atoms with Crippen molar-refractivity contribution in [3.8, 4) is 6.07 Å². The summed E-state index contributed by atoms with van der Waals surface area (Å²) in [5, 5.41) is 22.7. The van der Waals surface area contributed by atoms with E-state index in [-0.39, 0.29) is 0 Å². The third-order valence-corrected chi connectivity index (χ3v) is 3.73. The van der Waals surface area contributed by atoms with Crippen molar-refractivity contribution in [3.63, 3.8) is 0 Å². The van der Waals surface area contributed by atoms with Gasteiger partial charge in [0.05, 0.1) is 16.9 Å². The van der Waals surface area contributed by atoms with E-state index >= 15 is 0 Å². The molecule has 0 bridgehead atoms. The van der Waals surface area contributed by atoms with E-state index in [0.29, 0.717) is 12.1 Å². The molecule has 4 nitrogen and oxygen atoms in total. The van der Waals surface area contributed by atoms with Gasteiger partial charge in [0.15, 0.2) is 0 Å². The minimum absolute atomic E-state index is 0.592. The molecule has 20 heavy (non-hydrogen) atoms. The van der Waals surface area contributed by atoms with Gasteiger partial charge in [-0.1, -0.05) is 13.0 Å². The number of nitrogens with one attached hydrogen (secondary N) is 1. The van der Waals surface area contributed by atoms with Gasteiger partial charge < -0.3 is 15.3 Å². The van der Waals surface area contributed by atoms with Crippen LogP contribution in [0.25, 0.3) is 0 Å². The maximum Gasteiger partial charge on any atom is 0.101 e. The summed E-state index contributed by atoms with van der Waals surface area (Å²) in [4.78, 5) is 2.10. The number of aliphatic hydroxyl groups is 1. The van der Waals surface area contributed by atoms with Crippen LogP contribution in [0.1, 0.15) is 37.8 Å². The molecule has 1 aromatic carbocycles. The highest BCUT2D eigenvalue weighted by atomic mass is 16.3. The van der Waals surface area contributed by atoms with Crippen LogP contribution in [0.4, 0.5) is 5.69 Å². The Hall–Kier alpha value is -1.57. The van der Waals surface area contributed by atoms with E-state index in [1.54, 1.807) is 0 Å². The summed E-state index contributed by atoms with van der Waals surface area (Å²) in [6.07, 6.45) is 1.85. The van der Waals surface area contributed by atoms with Crippen LogP contribution in [0, 0.1) is 11.3 Å². The monoisotopic (exact) mass is 273 g/mol. The molecular weight excluding hydrogens is 250 g/mol. The fourth-order valence-corrected chi connectivity index (χ4v) is 2.62. The molecule has 0 radical (unpaired) electrons. The average molecular weight is 273 g/mol. The molecule has 2 rings (SSSR count). The topological polar surface area (TPSA) is 59.3 Å². The van der Waals surface area contributed by atoms with E-state index in [1.807, 2.05) is 19.1 Å². The third-order valence-electron chi connectivity index (χ3n) is 3.73. The Morgan fingerprint density at radius 3 is 2.90 bits per heavy atom. The molecule has 2 N–H and O–H groups in total. The molecule has 1 heterocycles. The van der Waals surface area contributed by atoms with E-state index in [0.717, 1.165) is 43.7 Å². The van der Waals surface area contributed by atoms with Crippen molar-refractivity contribution < 1.29 is 5.11 Å². The zero-order valence-corrected chi connectivity index (χ0v) is 12.3. The number of anilines is 1. The van der Waals surface area contributed by atoms with Gasteiger partial charge in [0, 0.05) is 19.6 Å². The Kier molecular flexibility index (Phi) is 4.64. The zero-order valence-electron chi connectivity index (χ0n) is 12.3. The summed E-state index contributed by atoms with van der Waals surface area (Å²) in [6, 6.07) is 8.29. The number of benzene rings is 1. The number of hydrogen-bond donors (Lipinski definition) is 2. The second kappa shape index (κ2) is 6.25. The van der Waals surface area contributed by atoms with Crippen molar-refractivity contribution >= 4 is 5.69 Å². The van der Waals surface area contributed by atoms with E-state index in [4.69, 9.17) is 0 Å². The van der Waals surface area contributed by atoms with Crippen molar-refractivity contribution in [2.75, 3.05) is 24.5 Å². The van der Waals surface area contributed by atoms with Crippen LogP contribution in [-0.2, 0) is 6.54 Å². The first-order valence-corrected chi connectivity index (χ1v) is 7.27. The van der Waals surface area contributed by atoms with Crippen LogP contribution in [0.5, 0.6) is 0 Å². The van der Waals surface area contributed by atoms with Crippen LogP contribution in [0.15, 0.2) is 18.2 Å². The zero-order chi connectivity index (χ0) is 14.6. The number of rotatable bonds is 5. The molecular formula is C16H23N3O. The van der Waals surface area contributed by atoms with Crippen LogP contribution >= 0.6 is 0 Å². The number of β-amino-alcohol motifs (C(OH)–C–C–N with tert-alkyl or cyclic N) is 1. The third kappa shape index (κ3) is 3.50. The lowest BCUT2D eigenvalue weighted by Gasteiger charge is -2.22. The summed E-state index contributed by atoms with van der Waals surface area (Å²) in [5.74, 6) is 0. The Morgan fingerprint density at radius 1 is 1.50 bits per heavy atom. The highest BCUT2D eigenvalue weighted by Gasteiger charge is 2.32. The Bertz CT molecular complexity index is 505. The van der Waals surface area contributed by atoms with Crippen molar-refractivity contribution in [1.82, 2.24) is 5.32 Å². The Labute approximate surface area is 121 Å². The number of hydrogen-bond acceptors (Lipinski definition) is 4. The largest absolute Gasteiger partial charge is 0.388 e. The summed E-state index contributed by atoms with van der Waals surface area (Å²) < 4.78 is 0. The summed E-state index contributed by atoms with van der Waals surface area (Å²) >= 11 is 0. The molecule has 0 aromatic heterocycles. The molecule has 1 aromatic rings. The molecule has 0 amide bonds. The van der Waals surface area contributed by atoms with Gasteiger partial charge in [0.2, 0.25) is 0 Å². The van der Waals surface area contributed by atoms with Gasteiger partial charge in [-0.3, -0.25) is 0 Å². The quantitative estimate of drug-likeness (QED) is 0.806. The van der Waals surface area contributed by atoms with E-state index in [1.165, 1.54) is 0 Å². The summed E-state index contributed by atoms with van der Waals surface area (Å²) in [5.41, 5.74) is 2.11. The van der Waals surface area contributed by atoms with Crippen molar-refractivity contribution in [3.05, 3.63) is 29.3 Å². The van der Waals surface area contributed by atoms with Crippen LogP contribution in [-0.4, -0.2) is 30.3 Å². The van der Waals surface area contributed by atoms with Crippen molar-refractivity contribution in [1.29, 1.82) is 5.26 Å². The molecule has 1 aliphatic heterocycles. The van der Waals surface area contributed by atoms with Gasteiger partial charge in [-0.2, -0.15) is 5.26 Å². The molecule has 1 saturated heterocycles. The highest BCUT2D eigenvalue weighted by molar-refractivity contribution is 5.61. The van der Waals surface area contributed by atoms with Crippen LogP contribution < -0.4 is 10.2 Å². The summed E-state index contributed by atoms with van der Waals surface area (Å²) in [7, 11) is 0. The first-order valence-electron chi connectivity index (χ1n) is 7.27. The summed E-state index contributed by atoms with van der Waals surface area (Å²) in [6.45, 7) is 7.15. The SMILES string of the molecule is CCCNCc1ccc(N2CCC(C)(O)C2)c(C#N)c1. The molecule has 0 saturated carbocycles. The highest BCUT2D eigenvalue weighted by Crippen LogP contribution is 2.29.